The Labute approximate surface area is 287 Å². The number of halogens is 3. The number of carbonyl (C=O) groups excluding carboxylic acids is 1. The third-order valence-electron chi connectivity index (χ3n) is 8.68. The van der Waals surface area contributed by atoms with E-state index in [1.165, 1.54) is 23.2 Å². The van der Waals surface area contributed by atoms with Gasteiger partial charge in [-0.25, -0.2) is 9.97 Å². The number of allylic oxidation sites excluding steroid dienone is 1. The molecule has 0 bridgehead atoms. The lowest BCUT2D eigenvalue weighted by Crippen LogP contribution is -2.39. The standard InChI is InChI=1S/C37H38F3N9O/c1-24-6-7-27(36(50)46-30-16-28(37(38,39)40)17-33(18-30)48-22-25(2)44-23-48)15-26(24)8-9-32-21-43-35-34(5-4-12-49(32)35)45-31(19-41)20-42-29-10-13-47(3)14-11-29/h4-9,12,15-23,29,41-42,45H,10-11,13-14H2,1-3H3,(H,46,50)/b9-8?,31-20+,41-19?. The van der Waals surface area contributed by atoms with Gasteiger partial charge in [-0.05, 0) is 106 Å². The number of nitrogens with one attached hydrogen (secondary N) is 4. The molecular weight excluding hydrogens is 643 g/mol. The summed E-state index contributed by atoms with van der Waals surface area (Å²) in [5, 5.41) is 17.3. The topological polar surface area (TPSA) is 115 Å². The lowest BCUT2D eigenvalue weighted by Gasteiger charge is -2.29. The van der Waals surface area contributed by atoms with E-state index in [0.29, 0.717) is 23.1 Å². The van der Waals surface area contributed by atoms with E-state index in [9.17, 15) is 18.0 Å². The second-order valence-corrected chi connectivity index (χ2v) is 12.5. The Morgan fingerprint density at radius 2 is 1.82 bits per heavy atom. The molecule has 1 aliphatic heterocycles. The Bertz CT molecular complexity index is 2090. The molecule has 3 aromatic heterocycles. The number of fused-ring (bicyclic) bond motifs is 1. The number of likely N-dealkylation sites (tertiary alicyclic amines) is 1. The van der Waals surface area contributed by atoms with Crippen molar-refractivity contribution in [2.24, 2.45) is 0 Å². The molecule has 0 atom stereocenters. The van der Waals surface area contributed by atoms with E-state index >= 15 is 0 Å². The summed E-state index contributed by atoms with van der Waals surface area (Å²) in [4.78, 5) is 24.3. The average Bonchev–Trinajstić information content (AvgIpc) is 3.73. The number of benzene rings is 2. The van der Waals surface area contributed by atoms with Gasteiger partial charge in [-0.2, -0.15) is 13.2 Å². The predicted molar refractivity (Wildman–Crippen MR) is 191 cm³/mol. The molecule has 5 aromatic rings. The number of hydrogen-bond acceptors (Lipinski definition) is 7. The fraction of sp³-hybridized carbons (Fsp3) is 0.243. The van der Waals surface area contributed by atoms with E-state index in [1.807, 2.05) is 48.0 Å². The summed E-state index contributed by atoms with van der Waals surface area (Å²) in [6.45, 7) is 5.72. The van der Waals surface area contributed by atoms with Gasteiger partial charge in [0.25, 0.3) is 5.91 Å². The van der Waals surface area contributed by atoms with Gasteiger partial charge in [0, 0.05) is 47.8 Å². The van der Waals surface area contributed by atoms with Crippen molar-refractivity contribution in [2.75, 3.05) is 30.8 Å². The smallest absolute Gasteiger partial charge is 0.386 e. The highest BCUT2D eigenvalue weighted by atomic mass is 19.4. The SMILES string of the molecule is Cc1cn(-c2cc(NC(=O)c3ccc(C)c(C=Cc4cnc5c(N/C(C=N)=C/NC6CCN(C)CC6)cccn45)c3)cc(C(F)(F)F)c2)cn1. The van der Waals surface area contributed by atoms with E-state index in [2.05, 4.69) is 37.9 Å². The number of aryl methyl sites for hydroxylation is 2. The summed E-state index contributed by atoms with van der Waals surface area (Å²) in [6.07, 6.45) is 11.0. The number of rotatable bonds is 10. The van der Waals surface area contributed by atoms with Crippen LogP contribution in [0.3, 0.4) is 0 Å². The van der Waals surface area contributed by atoms with Crippen molar-refractivity contribution >= 4 is 41.3 Å². The minimum absolute atomic E-state index is 0.0117. The third-order valence-corrected chi connectivity index (χ3v) is 8.68. The number of imidazole rings is 2. The van der Waals surface area contributed by atoms with Gasteiger partial charge in [0.15, 0.2) is 5.65 Å². The number of piperidine rings is 1. The van der Waals surface area contributed by atoms with Crippen LogP contribution in [0.5, 0.6) is 0 Å². The molecule has 1 saturated heterocycles. The number of nitrogens with zero attached hydrogens (tertiary/aromatic N) is 5. The molecule has 50 heavy (non-hydrogen) atoms. The monoisotopic (exact) mass is 681 g/mol. The van der Waals surface area contributed by atoms with Gasteiger partial charge in [0.1, 0.15) is 0 Å². The maximum absolute atomic E-state index is 13.8. The van der Waals surface area contributed by atoms with Crippen LogP contribution < -0.4 is 16.0 Å². The maximum atomic E-state index is 13.8. The second kappa shape index (κ2) is 14.4. The molecule has 6 rings (SSSR count). The molecule has 0 aliphatic carbocycles. The molecule has 1 amide bonds. The molecule has 4 N–H and O–H groups in total. The van der Waals surface area contributed by atoms with E-state index in [-0.39, 0.29) is 16.9 Å². The first-order valence-electron chi connectivity index (χ1n) is 16.2. The summed E-state index contributed by atoms with van der Waals surface area (Å²) in [6, 6.07) is 12.7. The Morgan fingerprint density at radius 1 is 1.02 bits per heavy atom. The molecule has 258 valence electrons. The number of alkyl halides is 3. The van der Waals surface area contributed by atoms with Crippen molar-refractivity contribution in [3.05, 3.63) is 119 Å². The summed E-state index contributed by atoms with van der Waals surface area (Å²) in [5.41, 5.74) is 4.77. The van der Waals surface area contributed by atoms with Gasteiger partial charge in [0.05, 0.1) is 40.9 Å². The first-order valence-corrected chi connectivity index (χ1v) is 16.2. The fourth-order valence-electron chi connectivity index (χ4n) is 5.80. The second-order valence-electron chi connectivity index (χ2n) is 12.5. The molecule has 2 aromatic carbocycles. The quantitative estimate of drug-likeness (QED) is 0.116. The summed E-state index contributed by atoms with van der Waals surface area (Å²) >= 11 is 0. The maximum Gasteiger partial charge on any atom is 0.416 e. The number of hydrogen-bond donors (Lipinski definition) is 4. The molecule has 1 fully saturated rings. The fourth-order valence-corrected chi connectivity index (χ4v) is 5.80. The molecule has 4 heterocycles. The predicted octanol–water partition coefficient (Wildman–Crippen LogP) is 7.17. The zero-order valence-electron chi connectivity index (χ0n) is 27.9. The van der Waals surface area contributed by atoms with E-state index < -0.39 is 17.6 Å². The lowest BCUT2D eigenvalue weighted by molar-refractivity contribution is -0.137. The van der Waals surface area contributed by atoms with Crippen LogP contribution in [0, 0.1) is 19.3 Å². The minimum Gasteiger partial charge on any atom is -0.386 e. The minimum atomic E-state index is -4.61. The average molecular weight is 682 g/mol. The molecule has 1 aliphatic rings. The highest BCUT2D eigenvalue weighted by Crippen LogP contribution is 2.33. The number of carbonyl (C=O) groups is 1. The molecule has 0 saturated carbocycles. The van der Waals surface area contributed by atoms with Crippen molar-refractivity contribution in [1.29, 1.82) is 5.41 Å². The molecule has 0 spiro atoms. The van der Waals surface area contributed by atoms with Crippen molar-refractivity contribution in [3.8, 4) is 5.69 Å². The molecule has 0 radical (unpaired) electrons. The number of anilines is 2. The number of pyridine rings is 1. The number of aromatic nitrogens is 4. The van der Waals surface area contributed by atoms with Crippen LogP contribution in [0.2, 0.25) is 0 Å². The van der Waals surface area contributed by atoms with E-state index in [1.54, 1.807) is 37.5 Å². The van der Waals surface area contributed by atoms with Crippen molar-refractivity contribution in [2.45, 2.75) is 38.9 Å². The van der Waals surface area contributed by atoms with Crippen molar-refractivity contribution in [1.82, 2.24) is 29.2 Å². The van der Waals surface area contributed by atoms with Crippen LogP contribution in [-0.2, 0) is 6.18 Å². The van der Waals surface area contributed by atoms with Gasteiger partial charge < -0.3 is 30.8 Å². The van der Waals surface area contributed by atoms with Crippen molar-refractivity contribution < 1.29 is 18.0 Å². The van der Waals surface area contributed by atoms with Gasteiger partial charge in [-0.3, -0.25) is 9.20 Å². The van der Waals surface area contributed by atoms with Crippen molar-refractivity contribution in [3.63, 3.8) is 0 Å². The Balaban J connectivity index is 1.19. The first kappa shape index (κ1) is 34.2. The largest absolute Gasteiger partial charge is 0.416 e. The van der Waals surface area contributed by atoms with Gasteiger partial charge in [-0.1, -0.05) is 12.1 Å². The van der Waals surface area contributed by atoms with Crippen LogP contribution in [0.1, 0.15) is 51.3 Å². The Hall–Kier alpha value is -5.69. The first-order chi connectivity index (χ1) is 24.0. The summed E-state index contributed by atoms with van der Waals surface area (Å²) in [7, 11) is 2.12. The summed E-state index contributed by atoms with van der Waals surface area (Å²) in [5.74, 6) is -0.544. The van der Waals surface area contributed by atoms with E-state index in [4.69, 9.17) is 5.41 Å². The normalized spacial score (nSPS) is 14.7. The molecular formula is C37H38F3N9O. The van der Waals surface area contributed by atoms with Crippen LogP contribution in [-0.4, -0.2) is 62.1 Å². The summed E-state index contributed by atoms with van der Waals surface area (Å²) < 4.78 is 44.7. The zero-order valence-corrected chi connectivity index (χ0v) is 27.9. The highest BCUT2D eigenvalue weighted by molar-refractivity contribution is 6.05. The van der Waals surface area contributed by atoms with Crippen LogP contribution >= 0.6 is 0 Å². The molecule has 10 nitrogen and oxygen atoms in total. The van der Waals surface area contributed by atoms with Gasteiger partial charge in [-0.15, -0.1) is 0 Å². The number of amides is 1. The van der Waals surface area contributed by atoms with Crippen LogP contribution in [0.4, 0.5) is 24.5 Å². The zero-order chi connectivity index (χ0) is 35.4. The highest BCUT2D eigenvalue weighted by Gasteiger charge is 2.31. The van der Waals surface area contributed by atoms with Gasteiger partial charge in [0.2, 0.25) is 0 Å². The third kappa shape index (κ3) is 7.95. The Kier molecular flexibility index (Phi) is 9.86. The van der Waals surface area contributed by atoms with Gasteiger partial charge >= 0.3 is 6.18 Å². The Morgan fingerprint density at radius 3 is 2.54 bits per heavy atom. The molecule has 0 unspecified atom stereocenters. The lowest BCUT2D eigenvalue weighted by atomic mass is 10.0. The van der Waals surface area contributed by atoms with E-state index in [0.717, 1.165) is 60.6 Å². The van der Waals surface area contributed by atoms with Crippen LogP contribution in [0.25, 0.3) is 23.5 Å². The van der Waals surface area contributed by atoms with Crippen LogP contribution in [0.15, 0.2) is 85.3 Å². The molecule has 13 heteroatoms.